The number of carbonyl (C=O) groups is 1. The molecule has 2 aliphatic heterocycles. The van der Waals surface area contributed by atoms with Crippen LogP contribution in [-0.2, 0) is 6.54 Å². The van der Waals surface area contributed by atoms with Crippen molar-refractivity contribution in [1.82, 2.24) is 10.2 Å². The van der Waals surface area contributed by atoms with Crippen LogP contribution < -0.4 is 14.8 Å². The van der Waals surface area contributed by atoms with Gasteiger partial charge in [-0.1, -0.05) is 24.6 Å². The van der Waals surface area contributed by atoms with E-state index >= 15 is 0 Å². The molecule has 0 unspecified atom stereocenters. The van der Waals surface area contributed by atoms with Gasteiger partial charge in [-0.2, -0.15) is 0 Å². The van der Waals surface area contributed by atoms with Crippen LogP contribution in [0.4, 0.5) is 0 Å². The predicted molar refractivity (Wildman–Crippen MR) is 109 cm³/mol. The third kappa shape index (κ3) is 4.47. The Balaban J connectivity index is 1.36. The highest BCUT2D eigenvalue weighted by Crippen LogP contribution is 2.32. The van der Waals surface area contributed by atoms with Crippen LogP contribution in [0.3, 0.4) is 0 Å². The molecule has 1 N–H and O–H groups in total. The number of ether oxygens (including phenoxy) is 2. The zero-order valence-electron chi connectivity index (χ0n) is 16.4. The lowest BCUT2D eigenvalue weighted by Crippen LogP contribution is -2.29. The van der Waals surface area contributed by atoms with E-state index in [1.165, 1.54) is 37.9 Å². The fraction of sp³-hybridized carbons (Fsp3) is 0.435. The average molecular weight is 380 g/mol. The molecule has 0 spiro atoms. The molecule has 2 heterocycles. The Morgan fingerprint density at radius 1 is 1.00 bits per heavy atom. The second-order valence-corrected chi connectivity index (χ2v) is 7.63. The number of piperidine rings is 1. The molecule has 0 saturated carbocycles. The van der Waals surface area contributed by atoms with Crippen LogP contribution >= 0.6 is 0 Å². The standard InChI is InChI=1S/C23H28N2O3/c1-17(20-9-10-21-22(15-20)28-14-13-27-21)24-23(26)19-7-5-18(6-8-19)16-25-11-3-2-4-12-25/h5-10,15,17H,2-4,11-14,16H2,1H3,(H,24,26)/t17-/m0/s1. The van der Waals surface area contributed by atoms with Crippen molar-refractivity contribution in [2.45, 2.75) is 38.8 Å². The van der Waals surface area contributed by atoms with Crippen molar-refractivity contribution >= 4 is 5.91 Å². The van der Waals surface area contributed by atoms with E-state index in [2.05, 4.69) is 22.3 Å². The molecule has 4 rings (SSSR count). The molecule has 28 heavy (non-hydrogen) atoms. The molecule has 2 aromatic carbocycles. The maximum atomic E-state index is 12.6. The van der Waals surface area contributed by atoms with Crippen molar-refractivity contribution in [3.63, 3.8) is 0 Å². The minimum absolute atomic E-state index is 0.0630. The van der Waals surface area contributed by atoms with E-state index in [1.54, 1.807) is 0 Å². The Morgan fingerprint density at radius 2 is 1.71 bits per heavy atom. The van der Waals surface area contributed by atoms with E-state index in [1.807, 2.05) is 37.3 Å². The molecule has 5 nitrogen and oxygen atoms in total. The van der Waals surface area contributed by atoms with Crippen molar-refractivity contribution in [3.05, 3.63) is 59.2 Å². The average Bonchev–Trinajstić information content (AvgIpc) is 2.74. The van der Waals surface area contributed by atoms with Crippen molar-refractivity contribution in [3.8, 4) is 11.5 Å². The zero-order valence-corrected chi connectivity index (χ0v) is 16.4. The van der Waals surface area contributed by atoms with E-state index in [0.717, 1.165) is 23.6 Å². The number of nitrogens with one attached hydrogen (secondary N) is 1. The third-order valence-electron chi connectivity index (χ3n) is 5.48. The topological polar surface area (TPSA) is 50.8 Å². The highest BCUT2D eigenvalue weighted by molar-refractivity contribution is 5.94. The maximum Gasteiger partial charge on any atom is 0.251 e. The number of fused-ring (bicyclic) bond motifs is 1. The summed E-state index contributed by atoms with van der Waals surface area (Å²) in [7, 11) is 0. The van der Waals surface area contributed by atoms with Gasteiger partial charge in [0.15, 0.2) is 11.5 Å². The first kappa shape index (κ1) is 18.8. The summed E-state index contributed by atoms with van der Waals surface area (Å²) in [5.41, 5.74) is 2.95. The van der Waals surface area contributed by atoms with E-state index in [0.29, 0.717) is 18.8 Å². The molecule has 1 amide bonds. The SMILES string of the molecule is C[C@H](NC(=O)c1ccc(CN2CCCCC2)cc1)c1ccc2c(c1)OCCO2. The van der Waals surface area contributed by atoms with Gasteiger partial charge in [0.2, 0.25) is 0 Å². The lowest BCUT2D eigenvalue weighted by molar-refractivity contribution is 0.0939. The summed E-state index contributed by atoms with van der Waals surface area (Å²) in [6.07, 6.45) is 3.92. The normalized spacial score (nSPS) is 17.8. The number of hydrogen-bond donors (Lipinski definition) is 1. The summed E-state index contributed by atoms with van der Waals surface area (Å²) in [6, 6.07) is 13.7. The number of likely N-dealkylation sites (tertiary alicyclic amines) is 1. The molecule has 0 radical (unpaired) electrons. The van der Waals surface area contributed by atoms with E-state index < -0.39 is 0 Å². The number of carbonyl (C=O) groups excluding carboxylic acids is 1. The summed E-state index contributed by atoms with van der Waals surface area (Å²) < 4.78 is 11.2. The smallest absolute Gasteiger partial charge is 0.251 e. The largest absolute Gasteiger partial charge is 0.486 e. The van der Waals surface area contributed by atoms with E-state index in [-0.39, 0.29) is 11.9 Å². The molecule has 0 aromatic heterocycles. The molecule has 1 atom stereocenters. The molecule has 1 fully saturated rings. The highest BCUT2D eigenvalue weighted by atomic mass is 16.6. The Morgan fingerprint density at radius 3 is 2.46 bits per heavy atom. The minimum Gasteiger partial charge on any atom is -0.486 e. The van der Waals surface area contributed by atoms with Gasteiger partial charge in [-0.25, -0.2) is 0 Å². The van der Waals surface area contributed by atoms with Crippen LogP contribution in [0.5, 0.6) is 11.5 Å². The van der Waals surface area contributed by atoms with Gasteiger partial charge in [0.05, 0.1) is 6.04 Å². The second kappa shape index (κ2) is 8.65. The van der Waals surface area contributed by atoms with E-state index in [9.17, 15) is 4.79 Å². The highest BCUT2D eigenvalue weighted by Gasteiger charge is 2.17. The quantitative estimate of drug-likeness (QED) is 0.854. The van der Waals surface area contributed by atoms with Gasteiger partial charge in [-0.15, -0.1) is 0 Å². The first-order valence-electron chi connectivity index (χ1n) is 10.2. The van der Waals surface area contributed by atoms with Crippen LogP contribution in [0, 0.1) is 0 Å². The Kier molecular flexibility index (Phi) is 5.81. The molecule has 0 bridgehead atoms. The maximum absolute atomic E-state index is 12.6. The monoisotopic (exact) mass is 380 g/mol. The number of rotatable bonds is 5. The summed E-state index contributed by atoms with van der Waals surface area (Å²) in [4.78, 5) is 15.1. The van der Waals surface area contributed by atoms with Crippen molar-refractivity contribution in [2.75, 3.05) is 26.3 Å². The number of hydrogen-bond acceptors (Lipinski definition) is 4. The first-order chi connectivity index (χ1) is 13.7. The Bertz CT molecular complexity index is 813. The summed E-state index contributed by atoms with van der Waals surface area (Å²) in [6.45, 7) is 6.43. The fourth-order valence-corrected chi connectivity index (χ4v) is 3.83. The van der Waals surface area contributed by atoms with Crippen LogP contribution in [0.15, 0.2) is 42.5 Å². The van der Waals surface area contributed by atoms with Gasteiger partial charge in [-0.05, 0) is 68.2 Å². The zero-order chi connectivity index (χ0) is 19.3. The van der Waals surface area contributed by atoms with Crippen molar-refractivity contribution < 1.29 is 14.3 Å². The lowest BCUT2D eigenvalue weighted by Gasteiger charge is -2.26. The molecular weight excluding hydrogens is 352 g/mol. The minimum atomic E-state index is -0.114. The molecular formula is C23H28N2O3. The van der Waals surface area contributed by atoms with Crippen LogP contribution in [0.1, 0.15) is 53.7 Å². The molecule has 5 heteroatoms. The second-order valence-electron chi connectivity index (χ2n) is 7.63. The van der Waals surface area contributed by atoms with Crippen LogP contribution in [-0.4, -0.2) is 37.1 Å². The molecule has 2 aromatic rings. The molecule has 1 saturated heterocycles. The van der Waals surface area contributed by atoms with Gasteiger partial charge >= 0.3 is 0 Å². The van der Waals surface area contributed by atoms with Gasteiger partial charge in [-0.3, -0.25) is 9.69 Å². The number of nitrogens with zero attached hydrogens (tertiary/aromatic N) is 1. The van der Waals surface area contributed by atoms with Crippen molar-refractivity contribution in [2.24, 2.45) is 0 Å². The summed E-state index contributed by atoms with van der Waals surface area (Å²) in [5, 5.41) is 3.07. The summed E-state index contributed by atoms with van der Waals surface area (Å²) in [5.74, 6) is 1.44. The predicted octanol–water partition coefficient (Wildman–Crippen LogP) is 3.93. The Hall–Kier alpha value is -2.53. The first-order valence-corrected chi connectivity index (χ1v) is 10.2. The number of benzene rings is 2. The van der Waals surface area contributed by atoms with E-state index in [4.69, 9.17) is 9.47 Å². The molecule has 2 aliphatic rings. The molecule has 148 valence electrons. The lowest BCUT2D eigenvalue weighted by atomic mass is 10.1. The third-order valence-corrected chi connectivity index (χ3v) is 5.48. The van der Waals surface area contributed by atoms with Crippen LogP contribution in [0.25, 0.3) is 0 Å². The molecule has 0 aliphatic carbocycles. The van der Waals surface area contributed by atoms with Gasteiger partial charge in [0.25, 0.3) is 5.91 Å². The van der Waals surface area contributed by atoms with Gasteiger partial charge in [0.1, 0.15) is 13.2 Å². The van der Waals surface area contributed by atoms with Crippen molar-refractivity contribution in [1.29, 1.82) is 0 Å². The van der Waals surface area contributed by atoms with Crippen LogP contribution in [0.2, 0.25) is 0 Å². The number of amides is 1. The van der Waals surface area contributed by atoms with Gasteiger partial charge in [0, 0.05) is 12.1 Å². The van der Waals surface area contributed by atoms with Gasteiger partial charge < -0.3 is 14.8 Å². The Labute approximate surface area is 166 Å². The summed E-state index contributed by atoms with van der Waals surface area (Å²) >= 11 is 0. The fourth-order valence-electron chi connectivity index (χ4n) is 3.83.